The monoisotopic (exact) mass is 424 g/mol. The lowest BCUT2D eigenvalue weighted by Gasteiger charge is -2.35. The zero-order valence-corrected chi connectivity index (χ0v) is 18.0. The molecule has 164 valence electrons. The Morgan fingerprint density at radius 2 is 1.87 bits per heavy atom. The molecule has 4 rings (SSSR count). The quantitative estimate of drug-likeness (QED) is 0.607. The van der Waals surface area contributed by atoms with Gasteiger partial charge in [-0.3, -0.25) is 19.2 Å². The number of fused-ring (bicyclic) bond motifs is 1. The molecule has 3 heterocycles. The van der Waals surface area contributed by atoms with Crippen LogP contribution < -0.4 is 16.1 Å². The van der Waals surface area contributed by atoms with E-state index in [2.05, 4.69) is 44.1 Å². The molecule has 0 spiro atoms. The molecule has 1 aromatic carbocycles. The standard InChI is InChI=1S/C22H28N6O3/c1-25-19-18(20(29)24-22(25)30)28(15-16-31-2)21(23-19)27-13-11-26(12-14-27)10-6-9-17-7-4-3-5-8-17/h3-9H,10-16H2,1-2H3,(H,24,29,30)/b9-6+. The Balaban J connectivity index is 1.51. The molecule has 2 aromatic heterocycles. The van der Waals surface area contributed by atoms with Gasteiger partial charge in [-0.25, -0.2) is 4.79 Å². The maximum atomic E-state index is 12.5. The van der Waals surface area contributed by atoms with Crippen LogP contribution in [0.1, 0.15) is 5.56 Å². The van der Waals surface area contributed by atoms with E-state index in [4.69, 9.17) is 4.74 Å². The lowest BCUT2D eigenvalue weighted by molar-refractivity contribution is 0.188. The topological polar surface area (TPSA) is 88.4 Å². The summed E-state index contributed by atoms with van der Waals surface area (Å²) in [4.78, 5) is 36.2. The predicted octanol–water partition coefficient (Wildman–Crippen LogP) is 0.905. The summed E-state index contributed by atoms with van der Waals surface area (Å²) in [5.74, 6) is 0.707. The van der Waals surface area contributed by atoms with Crippen molar-refractivity contribution in [3.05, 3.63) is 62.8 Å². The Kier molecular flexibility index (Phi) is 6.34. The van der Waals surface area contributed by atoms with Crippen molar-refractivity contribution in [2.45, 2.75) is 6.54 Å². The van der Waals surface area contributed by atoms with Gasteiger partial charge in [0, 0.05) is 53.4 Å². The van der Waals surface area contributed by atoms with E-state index in [1.165, 1.54) is 10.1 Å². The molecule has 0 bridgehead atoms. The van der Waals surface area contributed by atoms with Crippen molar-refractivity contribution in [3.63, 3.8) is 0 Å². The molecule has 1 N–H and O–H groups in total. The van der Waals surface area contributed by atoms with E-state index in [9.17, 15) is 9.59 Å². The van der Waals surface area contributed by atoms with Gasteiger partial charge in [0.1, 0.15) is 0 Å². The van der Waals surface area contributed by atoms with E-state index in [1.54, 1.807) is 14.2 Å². The molecule has 0 unspecified atom stereocenters. The van der Waals surface area contributed by atoms with Crippen LogP contribution in [0.5, 0.6) is 0 Å². The third-order valence-corrected chi connectivity index (χ3v) is 5.63. The first-order valence-electron chi connectivity index (χ1n) is 10.5. The highest BCUT2D eigenvalue weighted by atomic mass is 16.5. The Bertz CT molecular complexity index is 1170. The number of aromatic amines is 1. The summed E-state index contributed by atoms with van der Waals surface area (Å²) < 4.78 is 8.48. The number of aromatic nitrogens is 4. The predicted molar refractivity (Wildman–Crippen MR) is 122 cm³/mol. The van der Waals surface area contributed by atoms with Crippen molar-refractivity contribution in [1.82, 2.24) is 24.0 Å². The average Bonchev–Trinajstić information content (AvgIpc) is 3.17. The molecule has 1 fully saturated rings. The van der Waals surface area contributed by atoms with E-state index >= 15 is 0 Å². The van der Waals surface area contributed by atoms with Crippen molar-refractivity contribution in [3.8, 4) is 0 Å². The van der Waals surface area contributed by atoms with Crippen molar-refractivity contribution in [2.75, 3.05) is 51.3 Å². The minimum absolute atomic E-state index is 0.396. The molecule has 1 aliphatic heterocycles. The van der Waals surface area contributed by atoms with Gasteiger partial charge in [0.05, 0.1) is 6.61 Å². The van der Waals surface area contributed by atoms with Crippen LogP contribution >= 0.6 is 0 Å². The molecule has 9 heteroatoms. The second-order valence-electron chi connectivity index (χ2n) is 7.65. The zero-order valence-electron chi connectivity index (χ0n) is 18.0. The smallest absolute Gasteiger partial charge is 0.329 e. The number of anilines is 1. The first kappa shape index (κ1) is 21.1. The Morgan fingerprint density at radius 1 is 1.13 bits per heavy atom. The number of benzene rings is 1. The summed E-state index contributed by atoms with van der Waals surface area (Å²) in [5, 5.41) is 0. The highest BCUT2D eigenvalue weighted by molar-refractivity contribution is 5.74. The fraction of sp³-hybridized carbons (Fsp3) is 0.409. The van der Waals surface area contributed by atoms with Gasteiger partial charge in [-0.15, -0.1) is 0 Å². The molecule has 0 atom stereocenters. The molecule has 31 heavy (non-hydrogen) atoms. The van der Waals surface area contributed by atoms with Crippen LogP contribution in [0.15, 0.2) is 46.0 Å². The number of nitrogens with zero attached hydrogens (tertiary/aromatic N) is 5. The average molecular weight is 425 g/mol. The van der Waals surface area contributed by atoms with Gasteiger partial charge in [-0.2, -0.15) is 4.98 Å². The van der Waals surface area contributed by atoms with Gasteiger partial charge in [0.2, 0.25) is 5.95 Å². The fourth-order valence-electron chi connectivity index (χ4n) is 3.89. The van der Waals surface area contributed by atoms with Crippen LogP contribution in [0, 0.1) is 0 Å². The first-order valence-corrected chi connectivity index (χ1v) is 10.5. The molecular formula is C22H28N6O3. The normalized spacial score (nSPS) is 15.4. The summed E-state index contributed by atoms with van der Waals surface area (Å²) in [6, 6.07) is 10.3. The Morgan fingerprint density at radius 3 is 2.58 bits per heavy atom. The molecule has 0 amide bonds. The van der Waals surface area contributed by atoms with E-state index in [0.717, 1.165) is 32.7 Å². The van der Waals surface area contributed by atoms with E-state index in [-0.39, 0.29) is 0 Å². The largest absolute Gasteiger partial charge is 0.383 e. The number of nitrogens with one attached hydrogen (secondary N) is 1. The molecule has 0 aliphatic carbocycles. The van der Waals surface area contributed by atoms with Crippen LogP contribution in [0.4, 0.5) is 5.95 Å². The molecule has 1 aliphatic rings. The van der Waals surface area contributed by atoms with Gasteiger partial charge >= 0.3 is 5.69 Å². The highest BCUT2D eigenvalue weighted by Crippen LogP contribution is 2.21. The van der Waals surface area contributed by atoms with Crippen molar-refractivity contribution in [1.29, 1.82) is 0 Å². The molecule has 3 aromatic rings. The van der Waals surface area contributed by atoms with Crippen molar-refractivity contribution < 1.29 is 4.74 Å². The van der Waals surface area contributed by atoms with Crippen LogP contribution in [0.25, 0.3) is 17.2 Å². The minimum Gasteiger partial charge on any atom is -0.383 e. The van der Waals surface area contributed by atoms with Crippen molar-refractivity contribution >= 4 is 23.2 Å². The second kappa shape index (κ2) is 9.32. The van der Waals surface area contributed by atoms with Gasteiger partial charge in [0.25, 0.3) is 5.56 Å². The zero-order chi connectivity index (χ0) is 21.8. The summed E-state index contributed by atoms with van der Waals surface area (Å²) >= 11 is 0. The van der Waals surface area contributed by atoms with E-state index in [1.807, 2.05) is 22.8 Å². The van der Waals surface area contributed by atoms with E-state index < -0.39 is 11.2 Å². The second-order valence-corrected chi connectivity index (χ2v) is 7.65. The molecule has 9 nitrogen and oxygen atoms in total. The number of aryl methyl sites for hydroxylation is 1. The number of hydrogen-bond acceptors (Lipinski definition) is 6. The lowest BCUT2D eigenvalue weighted by Crippen LogP contribution is -2.47. The maximum Gasteiger partial charge on any atom is 0.329 e. The number of hydrogen-bond donors (Lipinski definition) is 1. The number of ether oxygens (including phenoxy) is 1. The number of H-pyrrole nitrogens is 1. The molecule has 0 radical (unpaired) electrons. The Hall–Kier alpha value is -3.17. The van der Waals surface area contributed by atoms with Gasteiger partial charge in [-0.1, -0.05) is 42.5 Å². The van der Waals surface area contributed by atoms with Gasteiger partial charge in [0.15, 0.2) is 11.2 Å². The third kappa shape index (κ3) is 4.47. The summed E-state index contributed by atoms with van der Waals surface area (Å²) in [6.45, 7) is 5.19. The number of rotatable bonds is 7. The van der Waals surface area contributed by atoms with Crippen LogP contribution in [0.3, 0.4) is 0 Å². The van der Waals surface area contributed by atoms with E-state index in [0.29, 0.717) is 30.3 Å². The highest BCUT2D eigenvalue weighted by Gasteiger charge is 2.24. The van der Waals surface area contributed by atoms with Crippen molar-refractivity contribution in [2.24, 2.45) is 7.05 Å². The number of piperazine rings is 1. The third-order valence-electron chi connectivity index (χ3n) is 5.63. The molecule has 0 saturated carbocycles. The SMILES string of the molecule is COCCn1c(N2CCN(C/C=C/c3ccccc3)CC2)nc2c1c(=O)[nH]c(=O)n2C. The van der Waals surface area contributed by atoms with Gasteiger partial charge < -0.3 is 14.2 Å². The lowest BCUT2D eigenvalue weighted by atomic mass is 10.2. The van der Waals surface area contributed by atoms with Crippen LogP contribution in [-0.4, -0.2) is 70.4 Å². The fourth-order valence-corrected chi connectivity index (χ4v) is 3.89. The maximum absolute atomic E-state index is 12.5. The van der Waals surface area contributed by atoms with Gasteiger partial charge in [-0.05, 0) is 5.56 Å². The molecule has 1 saturated heterocycles. The number of methoxy groups -OCH3 is 1. The summed E-state index contributed by atoms with van der Waals surface area (Å²) in [6.07, 6.45) is 4.33. The summed E-state index contributed by atoms with van der Waals surface area (Å²) in [5.41, 5.74) is 1.12. The van der Waals surface area contributed by atoms with Crippen LogP contribution in [-0.2, 0) is 18.3 Å². The Labute approximate surface area is 180 Å². The first-order chi connectivity index (χ1) is 15.1. The minimum atomic E-state index is -0.463. The molecular weight excluding hydrogens is 396 g/mol. The number of imidazole rings is 1. The summed E-state index contributed by atoms with van der Waals surface area (Å²) in [7, 11) is 3.25. The van der Waals surface area contributed by atoms with Crippen LogP contribution in [0.2, 0.25) is 0 Å².